The van der Waals surface area contributed by atoms with Gasteiger partial charge in [-0.3, -0.25) is 24.4 Å². The van der Waals surface area contributed by atoms with Crippen LogP contribution in [0.5, 0.6) is 0 Å². The summed E-state index contributed by atoms with van der Waals surface area (Å²) < 4.78 is 9.11. The number of carbonyl (C=O) groups excluding carboxylic acids is 3. The molecule has 0 fully saturated rings. The van der Waals surface area contributed by atoms with Gasteiger partial charge in [-0.25, -0.2) is 0 Å². The van der Waals surface area contributed by atoms with Gasteiger partial charge in [-0.05, 0) is 34.5 Å². The smallest absolute Gasteiger partial charge is 0.287 e. The molecular formula is C19H14N6O3S2. The van der Waals surface area contributed by atoms with Crippen molar-refractivity contribution in [2.75, 3.05) is 0 Å². The molecule has 2 amide bonds. The summed E-state index contributed by atoms with van der Waals surface area (Å²) in [5.41, 5.74) is 6.82. The number of hydrogen-bond donors (Lipinski definition) is 2. The van der Waals surface area contributed by atoms with E-state index in [1.165, 1.54) is 11.3 Å². The van der Waals surface area contributed by atoms with Crippen LogP contribution in [0.25, 0.3) is 21.5 Å². The Bertz CT molecular complexity index is 1240. The summed E-state index contributed by atoms with van der Waals surface area (Å²) in [6.07, 6.45) is 5.04. The summed E-state index contributed by atoms with van der Waals surface area (Å²) in [6, 6.07) is 5.88. The van der Waals surface area contributed by atoms with Crippen LogP contribution in [0.4, 0.5) is 0 Å². The van der Waals surface area contributed by atoms with E-state index in [0.29, 0.717) is 11.4 Å². The topological polar surface area (TPSA) is 141 Å². The van der Waals surface area contributed by atoms with E-state index in [9.17, 15) is 14.4 Å². The van der Waals surface area contributed by atoms with E-state index in [1.807, 2.05) is 11.4 Å². The first-order valence-electron chi connectivity index (χ1n) is 8.73. The highest BCUT2D eigenvalue weighted by molar-refractivity contribution is 7.17. The Balaban J connectivity index is 1.62. The van der Waals surface area contributed by atoms with Crippen molar-refractivity contribution in [2.24, 2.45) is 5.73 Å². The van der Waals surface area contributed by atoms with Crippen LogP contribution in [0.15, 0.2) is 48.2 Å². The van der Waals surface area contributed by atoms with Gasteiger partial charge in [0.05, 0.1) is 22.1 Å². The molecule has 11 heteroatoms. The largest absolute Gasteiger partial charge is 0.363 e. The molecule has 0 aliphatic rings. The van der Waals surface area contributed by atoms with Gasteiger partial charge in [0.25, 0.3) is 11.8 Å². The Labute approximate surface area is 178 Å². The minimum Gasteiger partial charge on any atom is -0.363 e. The summed E-state index contributed by atoms with van der Waals surface area (Å²) >= 11 is 2.32. The molecule has 4 heterocycles. The van der Waals surface area contributed by atoms with Crippen molar-refractivity contribution < 1.29 is 14.4 Å². The van der Waals surface area contributed by atoms with Crippen LogP contribution in [0.3, 0.4) is 0 Å². The average molecular weight is 438 g/mol. The maximum Gasteiger partial charge on any atom is 0.287 e. The molecular weight excluding hydrogens is 424 g/mol. The Morgan fingerprint density at radius 1 is 1.13 bits per heavy atom. The van der Waals surface area contributed by atoms with Gasteiger partial charge >= 0.3 is 0 Å². The van der Waals surface area contributed by atoms with E-state index >= 15 is 0 Å². The van der Waals surface area contributed by atoms with Crippen LogP contribution in [0, 0.1) is 0 Å². The molecule has 1 atom stereocenters. The fraction of sp³-hybridized carbons (Fsp3) is 0.105. The second-order valence-electron chi connectivity index (χ2n) is 6.27. The van der Waals surface area contributed by atoms with Crippen molar-refractivity contribution in [3.63, 3.8) is 0 Å². The first-order valence-corrected chi connectivity index (χ1v) is 10.3. The highest BCUT2D eigenvalue weighted by atomic mass is 32.1. The van der Waals surface area contributed by atoms with Gasteiger partial charge in [-0.2, -0.15) is 8.75 Å². The van der Waals surface area contributed by atoms with Crippen LogP contribution in [0.1, 0.15) is 16.1 Å². The zero-order valence-electron chi connectivity index (χ0n) is 15.3. The predicted molar refractivity (Wildman–Crippen MR) is 112 cm³/mol. The number of fused-ring (bicyclic) bond motifs is 1. The maximum atomic E-state index is 12.9. The molecule has 9 nitrogen and oxygen atoms in total. The number of Topliss-reactive ketones (excluding diaryl/α,β-unsaturated/α-hetero) is 1. The molecule has 0 aromatic carbocycles. The lowest BCUT2D eigenvalue weighted by Gasteiger charge is -2.15. The van der Waals surface area contributed by atoms with Gasteiger partial charge in [0.1, 0.15) is 11.7 Å². The van der Waals surface area contributed by atoms with E-state index in [-0.39, 0.29) is 12.1 Å². The molecule has 30 heavy (non-hydrogen) atoms. The number of hydrogen-bond acceptors (Lipinski definition) is 9. The number of rotatable bonds is 7. The molecule has 0 bridgehead atoms. The van der Waals surface area contributed by atoms with Gasteiger partial charge in [0, 0.05) is 25.0 Å². The monoisotopic (exact) mass is 438 g/mol. The number of nitrogens with one attached hydrogen (secondary N) is 1. The third-order valence-electron chi connectivity index (χ3n) is 4.36. The van der Waals surface area contributed by atoms with Crippen molar-refractivity contribution in [2.45, 2.75) is 12.5 Å². The molecule has 3 N–H and O–H groups in total. The van der Waals surface area contributed by atoms with Crippen LogP contribution >= 0.6 is 23.1 Å². The second kappa shape index (κ2) is 8.43. The third-order valence-corrected chi connectivity index (χ3v) is 5.87. The van der Waals surface area contributed by atoms with Gasteiger partial charge < -0.3 is 11.1 Å². The number of primary amides is 1. The van der Waals surface area contributed by atoms with Gasteiger partial charge in [0.2, 0.25) is 5.78 Å². The standard InChI is InChI=1S/C19H14N6O3S2/c20-18(27)17(26)13(7-10-9-29-14-8-21-6-4-11(10)14)23-19(28)16-15(24-30-25-16)12-3-1-2-5-22-12/h1-6,8-9,13H,7H2,(H2,20,27)(H,23,28). The summed E-state index contributed by atoms with van der Waals surface area (Å²) in [6.45, 7) is 0. The minimum atomic E-state index is -1.14. The van der Waals surface area contributed by atoms with E-state index in [4.69, 9.17) is 5.73 Å². The fourth-order valence-electron chi connectivity index (χ4n) is 2.93. The zero-order chi connectivity index (χ0) is 21.1. The van der Waals surface area contributed by atoms with Crippen molar-refractivity contribution in [3.05, 3.63) is 59.5 Å². The highest BCUT2D eigenvalue weighted by Gasteiger charge is 2.29. The lowest BCUT2D eigenvalue weighted by atomic mass is 10.0. The second-order valence-corrected chi connectivity index (χ2v) is 7.71. The Hall–Kier alpha value is -3.57. The quantitative estimate of drug-likeness (QED) is 0.418. The molecule has 1 unspecified atom stereocenters. The predicted octanol–water partition coefficient (Wildman–Crippen LogP) is 1.61. The summed E-state index contributed by atoms with van der Waals surface area (Å²) in [4.78, 5) is 45.1. The molecule has 0 saturated carbocycles. The van der Waals surface area contributed by atoms with E-state index in [1.54, 1.807) is 36.8 Å². The lowest BCUT2D eigenvalue weighted by molar-refractivity contribution is -0.137. The number of carbonyl (C=O) groups is 3. The maximum absolute atomic E-state index is 12.9. The number of nitrogens with zero attached hydrogens (tertiary/aromatic N) is 4. The fourth-order valence-corrected chi connectivity index (χ4v) is 4.43. The third kappa shape index (κ3) is 3.93. The summed E-state index contributed by atoms with van der Waals surface area (Å²) in [7, 11) is 0. The molecule has 150 valence electrons. The molecule has 4 rings (SSSR count). The van der Waals surface area contributed by atoms with Crippen LogP contribution in [0.2, 0.25) is 0 Å². The molecule has 4 aromatic heterocycles. The van der Waals surface area contributed by atoms with Crippen molar-refractivity contribution >= 4 is 50.7 Å². The number of thiophene rings is 1. The lowest BCUT2D eigenvalue weighted by Crippen LogP contribution is -2.47. The Morgan fingerprint density at radius 2 is 2.00 bits per heavy atom. The van der Waals surface area contributed by atoms with E-state index < -0.39 is 23.6 Å². The first kappa shape index (κ1) is 19.7. The zero-order valence-corrected chi connectivity index (χ0v) is 16.9. The molecule has 0 radical (unpaired) electrons. The molecule has 4 aromatic rings. The van der Waals surface area contributed by atoms with Crippen LogP contribution in [-0.2, 0) is 16.0 Å². The van der Waals surface area contributed by atoms with Crippen LogP contribution < -0.4 is 11.1 Å². The normalized spacial score (nSPS) is 11.9. The minimum absolute atomic E-state index is 0.0281. The van der Waals surface area contributed by atoms with Crippen molar-refractivity contribution in [1.82, 2.24) is 24.0 Å². The molecule has 0 spiro atoms. The number of amides is 2. The highest BCUT2D eigenvalue weighted by Crippen LogP contribution is 2.26. The number of ketones is 1. The van der Waals surface area contributed by atoms with E-state index in [0.717, 1.165) is 27.4 Å². The van der Waals surface area contributed by atoms with Crippen molar-refractivity contribution in [1.29, 1.82) is 0 Å². The average Bonchev–Trinajstić information content (AvgIpc) is 3.41. The van der Waals surface area contributed by atoms with E-state index in [2.05, 4.69) is 24.0 Å². The SMILES string of the molecule is NC(=O)C(=O)C(Cc1csc2cnccc12)NC(=O)c1nsnc1-c1ccccn1. The summed E-state index contributed by atoms with van der Waals surface area (Å²) in [5, 5.41) is 5.35. The number of aromatic nitrogens is 4. The molecule has 0 aliphatic heterocycles. The number of pyridine rings is 2. The summed E-state index contributed by atoms with van der Waals surface area (Å²) in [5.74, 6) is -2.65. The molecule has 0 saturated heterocycles. The van der Waals surface area contributed by atoms with Gasteiger partial charge in [-0.1, -0.05) is 6.07 Å². The molecule has 0 aliphatic carbocycles. The van der Waals surface area contributed by atoms with Gasteiger partial charge in [0.15, 0.2) is 5.69 Å². The van der Waals surface area contributed by atoms with Gasteiger partial charge in [-0.15, -0.1) is 11.3 Å². The Morgan fingerprint density at radius 3 is 2.77 bits per heavy atom. The Kier molecular flexibility index (Phi) is 5.55. The number of nitrogens with two attached hydrogens (primary N) is 1. The first-order chi connectivity index (χ1) is 14.5. The van der Waals surface area contributed by atoms with Crippen LogP contribution in [-0.4, -0.2) is 42.4 Å². The van der Waals surface area contributed by atoms with Crippen molar-refractivity contribution in [3.8, 4) is 11.4 Å².